The Morgan fingerprint density at radius 3 is 2.39 bits per heavy atom. The van der Waals surface area contributed by atoms with E-state index in [1.54, 1.807) is 17.5 Å². The molecule has 0 atom stereocenters. The third kappa shape index (κ3) is 5.27. The molecule has 3 aromatic rings. The summed E-state index contributed by atoms with van der Waals surface area (Å²) in [6.45, 7) is 1.57. The minimum Gasteiger partial charge on any atom is -0.494 e. The standard InChI is InChI=1S/C18H18N2OS.ClH/c1-2-5-15(6-3-1)16-7-9-17(10-8-16)21-13-4-11-19-18-20-12-14-22-18;/h1-3,5-10,12,14H,4,11,13H2,(H,19,20);1H. The summed E-state index contributed by atoms with van der Waals surface area (Å²) in [5.41, 5.74) is 2.43. The molecule has 0 aliphatic rings. The molecule has 0 unspecified atom stereocenters. The van der Waals surface area contributed by atoms with Gasteiger partial charge in [-0.1, -0.05) is 42.5 Å². The molecule has 2 aromatic carbocycles. The van der Waals surface area contributed by atoms with Crippen LogP contribution in [0, 0.1) is 0 Å². The third-order valence-corrected chi connectivity index (χ3v) is 3.99. The van der Waals surface area contributed by atoms with Crippen LogP contribution in [0.15, 0.2) is 66.2 Å². The topological polar surface area (TPSA) is 34.1 Å². The number of aromatic nitrogens is 1. The fourth-order valence-electron chi connectivity index (χ4n) is 2.14. The number of thiazole rings is 1. The predicted molar refractivity (Wildman–Crippen MR) is 99.8 cm³/mol. The minimum atomic E-state index is 0. The van der Waals surface area contributed by atoms with E-state index < -0.39 is 0 Å². The molecular weight excluding hydrogens is 328 g/mol. The smallest absolute Gasteiger partial charge is 0.182 e. The van der Waals surface area contributed by atoms with Gasteiger partial charge < -0.3 is 10.1 Å². The van der Waals surface area contributed by atoms with Crippen molar-refractivity contribution in [3.8, 4) is 16.9 Å². The lowest BCUT2D eigenvalue weighted by Crippen LogP contribution is -2.06. The molecule has 0 radical (unpaired) electrons. The lowest BCUT2D eigenvalue weighted by atomic mass is 10.1. The van der Waals surface area contributed by atoms with E-state index in [1.165, 1.54) is 11.1 Å². The Labute approximate surface area is 146 Å². The van der Waals surface area contributed by atoms with Crippen LogP contribution in [0.1, 0.15) is 6.42 Å². The number of hydrogen-bond donors (Lipinski definition) is 1. The van der Waals surface area contributed by atoms with Crippen LogP contribution in [0.3, 0.4) is 0 Å². The minimum absolute atomic E-state index is 0. The van der Waals surface area contributed by atoms with Gasteiger partial charge in [0.25, 0.3) is 0 Å². The van der Waals surface area contributed by atoms with Gasteiger partial charge >= 0.3 is 0 Å². The molecule has 120 valence electrons. The molecule has 1 N–H and O–H groups in total. The van der Waals surface area contributed by atoms with Crippen molar-refractivity contribution in [2.75, 3.05) is 18.5 Å². The van der Waals surface area contributed by atoms with Gasteiger partial charge in [-0.05, 0) is 29.7 Å². The number of benzene rings is 2. The zero-order valence-corrected chi connectivity index (χ0v) is 14.3. The van der Waals surface area contributed by atoms with Crippen molar-refractivity contribution in [3.05, 3.63) is 66.2 Å². The summed E-state index contributed by atoms with van der Waals surface area (Å²) >= 11 is 1.61. The Kier molecular flexibility index (Phi) is 6.91. The average molecular weight is 347 g/mol. The molecule has 5 heteroatoms. The lowest BCUT2D eigenvalue weighted by Gasteiger charge is -2.08. The van der Waals surface area contributed by atoms with E-state index in [1.807, 2.05) is 23.6 Å². The van der Waals surface area contributed by atoms with Crippen molar-refractivity contribution >= 4 is 28.9 Å². The van der Waals surface area contributed by atoms with Crippen LogP contribution >= 0.6 is 23.7 Å². The Balaban J connectivity index is 0.00000192. The highest BCUT2D eigenvalue weighted by molar-refractivity contribution is 7.13. The fourth-order valence-corrected chi connectivity index (χ4v) is 2.70. The number of halogens is 1. The Hall–Kier alpha value is -2.04. The molecule has 3 nitrogen and oxygen atoms in total. The number of rotatable bonds is 7. The highest BCUT2D eigenvalue weighted by Gasteiger charge is 1.98. The summed E-state index contributed by atoms with van der Waals surface area (Å²) in [6.07, 6.45) is 2.75. The predicted octanol–water partition coefficient (Wildman–Crippen LogP) is 5.11. The van der Waals surface area contributed by atoms with Crippen LogP contribution in [0.2, 0.25) is 0 Å². The normalized spacial score (nSPS) is 9.91. The molecule has 0 saturated heterocycles. The molecule has 0 amide bonds. The summed E-state index contributed by atoms with van der Waals surface area (Å²) < 4.78 is 5.76. The van der Waals surface area contributed by atoms with Crippen LogP contribution in [-0.4, -0.2) is 18.1 Å². The number of anilines is 1. The molecule has 0 fully saturated rings. The zero-order chi connectivity index (χ0) is 15.0. The van der Waals surface area contributed by atoms with Crippen molar-refractivity contribution < 1.29 is 4.74 Å². The van der Waals surface area contributed by atoms with Gasteiger partial charge in [0, 0.05) is 18.1 Å². The van der Waals surface area contributed by atoms with Crippen LogP contribution in [0.25, 0.3) is 11.1 Å². The molecule has 0 bridgehead atoms. The SMILES string of the molecule is Cl.c1ccc(-c2ccc(OCCCNc3nccs3)cc2)cc1. The molecule has 0 aliphatic heterocycles. The number of ether oxygens (including phenoxy) is 1. The first kappa shape index (κ1) is 17.3. The van der Waals surface area contributed by atoms with Gasteiger partial charge in [-0.3, -0.25) is 0 Å². The summed E-state index contributed by atoms with van der Waals surface area (Å²) in [7, 11) is 0. The van der Waals surface area contributed by atoms with Gasteiger partial charge in [-0.25, -0.2) is 4.98 Å². The Morgan fingerprint density at radius 1 is 0.957 bits per heavy atom. The maximum Gasteiger partial charge on any atom is 0.182 e. The highest BCUT2D eigenvalue weighted by atomic mass is 35.5. The van der Waals surface area contributed by atoms with E-state index >= 15 is 0 Å². The Morgan fingerprint density at radius 2 is 1.70 bits per heavy atom. The molecule has 0 spiro atoms. The van der Waals surface area contributed by atoms with Crippen LogP contribution in [0.4, 0.5) is 5.13 Å². The van der Waals surface area contributed by atoms with E-state index in [4.69, 9.17) is 4.74 Å². The number of hydrogen-bond acceptors (Lipinski definition) is 4. The lowest BCUT2D eigenvalue weighted by molar-refractivity contribution is 0.315. The molecule has 1 heterocycles. The zero-order valence-electron chi connectivity index (χ0n) is 12.6. The van der Waals surface area contributed by atoms with Gasteiger partial charge in [0.05, 0.1) is 6.61 Å². The van der Waals surface area contributed by atoms with Crippen molar-refractivity contribution in [3.63, 3.8) is 0 Å². The van der Waals surface area contributed by atoms with Crippen molar-refractivity contribution in [2.24, 2.45) is 0 Å². The van der Waals surface area contributed by atoms with E-state index in [2.05, 4.69) is 46.7 Å². The van der Waals surface area contributed by atoms with Gasteiger partial charge in [-0.2, -0.15) is 0 Å². The van der Waals surface area contributed by atoms with Crippen molar-refractivity contribution in [2.45, 2.75) is 6.42 Å². The molecule has 23 heavy (non-hydrogen) atoms. The summed E-state index contributed by atoms with van der Waals surface area (Å²) in [4.78, 5) is 4.18. The monoisotopic (exact) mass is 346 g/mol. The summed E-state index contributed by atoms with van der Waals surface area (Å²) in [5, 5.41) is 6.20. The van der Waals surface area contributed by atoms with Crippen LogP contribution < -0.4 is 10.1 Å². The maximum absolute atomic E-state index is 5.76. The largest absolute Gasteiger partial charge is 0.494 e. The van der Waals surface area contributed by atoms with Gasteiger partial charge in [0.2, 0.25) is 0 Å². The second-order valence-corrected chi connectivity index (χ2v) is 5.75. The molecular formula is C18H19ClN2OS. The third-order valence-electron chi connectivity index (χ3n) is 3.26. The second-order valence-electron chi connectivity index (χ2n) is 4.86. The maximum atomic E-state index is 5.76. The van der Waals surface area contributed by atoms with Gasteiger partial charge in [-0.15, -0.1) is 23.7 Å². The van der Waals surface area contributed by atoms with Crippen molar-refractivity contribution in [1.82, 2.24) is 4.98 Å². The van der Waals surface area contributed by atoms with Crippen LogP contribution in [0.5, 0.6) is 5.75 Å². The molecule has 0 saturated carbocycles. The first-order valence-corrected chi connectivity index (χ1v) is 8.21. The van der Waals surface area contributed by atoms with E-state index in [0.717, 1.165) is 23.8 Å². The van der Waals surface area contributed by atoms with Gasteiger partial charge in [0.1, 0.15) is 5.75 Å². The first-order chi connectivity index (χ1) is 10.9. The number of nitrogens with one attached hydrogen (secondary N) is 1. The fraction of sp³-hybridized carbons (Fsp3) is 0.167. The first-order valence-electron chi connectivity index (χ1n) is 7.33. The molecule has 1 aromatic heterocycles. The van der Waals surface area contributed by atoms with Gasteiger partial charge in [0.15, 0.2) is 5.13 Å². The quantitative estimate of drug-likeness (QED) is 0.603. The number of nitrogens with zero attached hydrogens (tertiary/aromatic N) is 1. The highest BCUT2D eigenvalue weighted by Crippen LogP contribution is 2.22. The average Bonchev–Trinajstić information content (AvgIpc) is 3.09. The Bertz CT molecular complexity index is 672. The summed E-state index contributed by atoms with van der Waals surface area (Å²) in [6, 6.07) is 18.6. The summed E-state index contributed by atoms with van der Waals surface area (Å²) in [5.74, 6) is 0.911. The van der Waals surface area contributed by atoms with Crippen LogP contribution in [-0.2, 0) is 0 Å². The second kappa shape index (κ2) is 9.18. The molecule has 0 aliphatic carbocycles. The molecule has 3 rings (SSSR count). The van der Waals surface area contributed by atoms with E-state index in [0.29, 0.717) is 6.61 Å². The van der Waals surface area contributed by atoms with E-state index in [-0.39, 0.29) is 12.4 Å². The van der Waals surface area contributed by atoms with E-state index in [9.17, 15) is 0 Å². The van der Waals surface area contributed by atoms with Crippen molar-refractivity contribution in [1.29, 1.82) is 0 Å².